The topological polar surface area (TPSA) is 41.8 Å². The van der Waals surface area contributed by atoms with Crippen LogP contribution in [0.15, 0.2) is 69.9 Å². The maximum atomic E-state index is 11.6. The van der Waals surface area contributed by atoms with Gasteiger partial charge >= 0.3 is 6.18 Å². The second-order valence-corrected chi connectivity index (χ2v) is 7.00. The Kier molecular flexibility index (Phi) is 13.9. The zero-order chi connectivity index (χ0) is 22.3. The minimum Gasteiger partial charge on any atom is -0.511 e. The van der Waals surface area contributed by atoms with Gasteiger partial charge in [-0.25, -0.2) is 0 Å². The van der Waals surface area contributed by atoms with E-state index in [1.807, 2.05) is 12.1 Å². The molecular formula is C22H30F3NO2S. The fourth-order valence-electron chi connectivity index (χ4n) is 1.84. The summed E-state index contributed by atoms with van der Waals surface area (Å²) in [5, 5.41) is 9.54. The Labute approximate surface area is 176 Å². The summed E-state index contributed by atoms with van der Waals surface area (Å²) in [6, 6.07) is 8.15. The number of rotatable bonds is 9. The molecule has 0 saturated carbocycles. The molecular weight excluding hydrogens is 399 g/mol. The zero-order valence-corrected chi connectivity index (χ0v) is 18.2. The number of aryl methyl sites for hydroxylation is 1. The molecule has 0 heterocycles. The van der Waals surface area contributed by atoms with Crippen molar-refractivity contribution in [1.29, 1.82) is 0 Å². The third-order valence-electron chi connectivity index (χ3n) is 3.49. The Morgan fingerprint density at radius 2 is 1.86 bits per heavy atom. The molecule has 0 bridgehead atoms. The molecule has 0 aliphatic carbocycles. The van der Waals surface area contributed by atoms with Crippen LogP contribution in [0.4, 0.5) is 13.2 Å². The van der Waals surface area contributed by atoms with Gasteiger partial charge in [0, 0.05) is 41.6 Å². The minimum absolute atomic E-state index is 0.231. The van der Waals surface area contributed by atoms with Crippen molar-refractivity contribution in [3.8, 4) is 0 Å². The van der Waals surface area contributed by atoms with E-state index >= 15 is 0 Å². The quantitative estimate of drug-likeness (QED) is 0.143. The van der Waals surface area contributed by atoms with Crippen LogP contribution in [0.3, 0.4) is 0 Å². The number of aliphatic hydroxyl groups excluding tert-OH is 1. The van der Waals surface area contributed by atoms with Gasteiger partial charge in [0.05, 0.1) is 12.3 Å². The van der Waals surface area contributed by atoms with Crippen LogP contribution < -0.4 is 0 Å². The van der Waals surface area contributed by atoms with Gasteiger partial charge in [0.2, 0.25) is 0 Å². The monoisotopic (exact) mass is 429 g/mol. The van der Waals surface area contributed by atoms with Gasteiger partial charge in [-0.15, -0.1) is 6.58 Å². The molecule has 3 nitrogen and oxygen atoms in total. The van der Waals surface area contributed by atoms with Crippen molar-refractivity contribution in [3.63, 3.8) is 0 Å². The lowest BCUT2D eigenvalue weighted by molar-refractivity contribution is -0.0915. The van der Waals surface area contributed by atoms with Crippen molar-refractivity contribution < 1.29 is 22.5 Å². The Morgan fingerprint density at radius 3 is 2.31 bits per heavy atom. The maximum Gasteiger partial charge on any atom is 0.412 e. The lowest BCUT2D eigenvalue weighted by Gasteiger charge is -2.05. The van der Waals surface area contributed by atoms with Crippen molar-refractivity contribution >= 4 is 18.3 Å². The molecule has 1 N–H and O–H groups in total. The average molecular weight is 430 g/mol. The SMILES string of the molecule is C=CCC=N/C(CCOSc1ccc(C)cc1)=C(/C)O.CC/C=C(\C)C(F)(F)F. The molecule has 162 valence electrons. The van der Waals surface area contributed by atoms with E-state index < -0.39 is 11.7 Å². The van der Waals surface area contributed by atoms with Crippen molar-refractivity contribution in [2.24, 2.45) is 4.99 Å². The summed E-state index contributed by atoms with van der Waals surface area (Å²) in [6.07, 6.45) is 2.23. The first-order chi connectivity index (χ1) is 13.6. The summed E-state index contributed by atoms with van der Waals surface area (Å²) in [5.41, 5.74) is 1.37. The number of hydrogen-bond acceptors (Lipinski definition) is 4. The minimum atomic E-state index is -4.13. The van der Waals surface area contributed by atoms with E-state index in [4.69, 9.17) is 4.18 Å². The summed E-state index contributed by atoms with van der Waals surface area (Å²) in [7, 11) is 0. The van der Waals surface area contributed by atoms with Gasteiger partial charge in [-0.3, -0.25) is 4.99 Å². The summed E-state index contributed by atoms with van der Waals surface area (Å²) in [5.74, 6) is 0.231. The summed E-state index contributed by atoms with van der Waals surface area (Å²) < 4.78 is 40.2. The number of aliphatic hydroxyl groups is 1. The van der Waals surface area contributed by atoms with Gasteiger partial charge in [0.1, 0.15) is 5.76 Å². The van der Waals surface area contributed by atoms with Crippen LogP contribution >= 0.6 is 12.0 Å². The highest BCUT2D eigenvalue weighted by molar-refractivity contribution is 7.94. The number of halogens is 3. The molecule has 7 heteroatoms. The molecule has 1 rings (SSSR count). The first-order valence-corrected chi connectivity index (χ1v) is 9.98. The van der Waals surface area contributed by atoms with Crippen LogP contribution in [-0.4, -0.2) is 24.1 Å². The molecule has 0 amide bonds. The van der Waals surface area contributed by atoms with E-state index in [2.05, 4.69) is 30.6 Å². The van der Waals surface area contributed by atoms with E-state index in [0.717, 1.165) is 11.8 Å². The number of nitrogens with zero attached hydrogens (tertiary/aromatic N) is 1. The Balaban J connectivity index is 0.000000734. The fourth-order valence-corrected chi connectivity index (χ4v) is 2.39. The lowest BCUT2D eigenvalue weighted by Crippen LogP contribution is -2.08. The molecule has 0 aliphatic rings. The van der Waals surface area contributed by atoms with Crippen LogP contribution in [0.2, 0.25) is 0 Å². The second kappa shape index (κ2) is 14.9. The van der Waals surface area contributed by atoms with Crippen molar-refractivity contribution in [3.05, 3.63) is 65.6 Å². The smallest absolute Gasteiger partial charge is 0.412 e. The highest BCUT2D eigenvalue weighted by Crippen LogP contribution is 2.24. The molecule has 0 fully saturated rings. The van der Waals surface area contributed by atoms with Crippen LogP contribution in [0, 0.1) is 6.92 Å². The molecule has 0 aromatic heterocycles. The van der Waals surface area contributed by atoms with Crippen LogP contribution in [-0.2, 0) is 4.18 Å². The first kappa shape index (κ1) is 27.0. The largest absolute Gasteiger partial charge is 0.511 e. The fraction of sp³-hybridized carbons (Fsp3) is 0.409. The molecule has 0 aliphatic heterocycles. The Morgan fingerprint density at radius 1 is 1.24 bits per heavy atom. The molecule has 0 radical (unpaired) electrons. The second-order valence-electron chi connectivity index (χ2n) is 6.13. The zero-order valence-electron chi connectivity index (χ0n) is 17.4. The number of alkyl halides is 3. The Hall–Kier alpha value is -1.99. The van der Waals surface area contributed by atoms with Crippen molar-refractivity contribution in [2.45, 2.75) is 58.0 Å². The van der Waals surface area contributed by atoms with E-state index in [1.54, 1.807) is 26.1 Å². The molecule has 0 atom stereocenters. The molecule has 0 spiro atoms. The maximum absolute atomic E-state index is 11.6. The highest BCUT2D eigenvalue weighted by atomic mass is 32.2. The van der Waals surface area contributed by atoms with Crippen LogP contribution in [0.5, 0.6) is 0 Å². The molecule has 29 heavy (non-hydrogen) atoms. The van der Waals surface area contributed by atoms with Gasteiger partial charge in [-0.05, 0) is 39.3 Å². The van der Waals surface area contributed by atoms with Gasteiger partial charge in [0.15, 0.2) is 0 Å². The van der Waals surface area contributed by atoms with E-state index in [0.29, 0.717) is 31.6 Å². The van der Waals surface area contributed by atoms with Gasteiger partial charge in [-0.2, -0.15) is 13.2 Å². The van der Waals surface area contributed by atoms with Gasteiger partial charge < -0.3 is 9.29 Å². The number of hydrogen-bond donors (Lipinski definition) is 1. The van der Waals surface area contributed by atoms with E-state index in [-0.39, 0.29) is 5.76 Å². The molecule has 0 unspecified atom stereocenters. The Bertz CT molecular complexity index is 689. The first-order valence-electron chi connectivity index (χ1n) is 9.24. The predicted molar refractivity (Wildman–Crippen MR) is 116 cm³/mol. The van der Waals surface area contributed by atoms with Crippen LogP contribution in [0.1, 0.15) is 45.6 Å². The third kappa shape index (κ3) is 13.8. The lowest BCUT2D eigenvalue weighted by atomic mass is 10.2. The van der Waals surface area contributed by atoms with Crippen LogP contribution in [0.25, 0.3) is 0 Å². The number of aliphatic imine (C=N–C) groups is 1. The average Bonchev–Trinajstić information content (AvgIpc) is 2.65. The standard InChI is InChI=1S/C16H21NO2S.C6H9F3/c1-4-5-11-17-16(14(3)18)10-12-19-20-15-8-6-13(2)7-9-15;1-3-4-5(2)6(7,8)9/h4,6-9,11,18H,1,5,10,12H2,2-3H3;4H,3H2,1-2H3/b16-14-,17-11?;5-4+. The molecule has 0 saturated heterocycles. The number of allylic oxidation sites excluding steroid dienone is 4. The summed E-state index contributed by atoms with van der Waals surface area (Å²) in [6.45, 7) is 10.6. The van der Waals surface area contributed by atoms with Crippen molar-refractivity contribution in [1.82, 2.24) is 0 Å². The third-order valence-corrected chi connectivity index (χ3v) is 4.24. The molecule has 1 aromatic carbocycles. The van der Waals surface area contributed by atoms with E-state index in [1.165, 1.54) is 23.7 Å². The highest BCUT2D eigenvalue weighted by Gasteiger charge is 2.29. The molecule has 1 aromatic rings. The normalized spacial score (nSPS) is 13.0. The van der Waals surface area contributed by atoms with E-state index in [9.17, 15) is 18.3 Å². The summed E-state index contributed by atoms with van der Waals surface area (Å²) >= 11 is 1.34. The van der Waals surface area contributed by atoms with Gasteiger partial charge in [0.25, 0.3) is 0 Å². The summed E-state index contributed by atoms with van der Waals surface area (Å²) in [4.78, 5) is 5.28. The predicted octanol–water partition coefficient (Wildman–Crippen LogP) is 7.75. The van der Waals surface area contributed by atoms with Gasteiger partial charge in [-0.1, -0.05) is 36.8 Å². The number of benzene rings is 1. The van der Waals surface area contributed by atoms with Crippen molar-refractivity contribution in [2.75, 3.05) is 6.61 Å².